The fourth-order valence-electron chi connectivity index (χ4n) is 6.50. The van der Waals surface area contributed by atoms with E-state index in [1.807, 2.05) is 0 Å². The van der Waals surface area contributed by atoms with E-state index in [0.29, 0.717) is 0 Å². The van der Waals surface area contributed by atoms with Gasteiger partial charge in [-0.2, -0.15) is 4.58 Å². The van der Waals surface area contributed by atoms with Crippen molar-refractivity contribution in [2.24, 2.45) is 0 Å². The largest absolute Gasteiger partial charge is 0.347 e. The summed E-state index contributed by atoms with van der Waals surface area (Å²) in [5.41, 5.74) is 11.1. The lowest BCUT2D eigenvalue weighted by atomic mass is 9.81. The fourth-order valence-corrected chi connectivity index (χ4v) is 6.50. The first-order valence-electron chi connectivity index (χ1n) is 14.1. The third kappa shape index (κ3) is 4.73. The van der Waals surface area contributed by atoms with Crippen molar-refractivity contribution in [1.29, 1.82) is 0 Å². The van der Waals surface area contributed by atoms with E-state index in [9.17, 15) is 0 Å². The summed E-state index contributed by atoms with van der Waals surface area (Å²) >= 11 is 0. The molecule has 0 saturated heterocycles. The molecule has 38 heavy (non-hydrogen) atoms. The Morgan fingerprint density at radius 3 is 2.32 bits per heavy atom. The summed E-state index contributed by atoms with van der Waals surface area (Å²) in [6, 6.07) is 17.7. The van der Waals surface area contributed by atoms with Crippen LogP contribution in [0.3, 0.4) is 0 Å². The Kier molecular flexibility index (Phi) is 7.09. The maximum atomic E-state index is 2.53. The van der Waals surface area contributed by atoms with Gasteiger partial charge in [0.05, 0.1) is 12.0 Å². The number of likely N-dealkylation sites (N-methyl/N-ethyl adjacent to an activating group) is 2. The topological polar surface area (TPSA) is 9.49 Å². The number of hydrogen-bond acceptors (Lipinski definition) is 2. The SMILES string of the molecule is CN(C)CC[N+]1=C(/C=C/C2=CC(=C/C=C3/N(C)c4ccccc4C3(C)C)/CCC2)C(C)(C)c2ccccc21. The third-order valence-electron chi connectivity index (χ3n) is 8.72. The quantitative estimate of drug-likeness (QED) is 0.375. The van der Waals surface area contributed by atoms with Gasteiger partial charge in [0.25, 0.3) is 0 Å². The summed E-state index contributed by atoms with van der Waals surface area (Å²) in [6.07, 6.45) is 15.4. The molecule has 2 aliphatic heterocycles. The van der Waals surface area contributed by atoms with Gasteiger partial charge in [0, 0.05) is 41.6 Å². The number of nitrogens with zero attached hydrogens (tertiary/aromatic N) is 3. The molecule has 0 radical (unpaired) electrons. The molecule has 0 N–H and O–H groups in total. The molecule has 2 aromatic carbocycles. The highest BCUT2D eigenvalue weighted by atomic mass is 15.2. The van der Waals surface area contributed by atoms with Gasteiger partial charge in [-0.3, -0.25) is 0 Å². The lowest BCUT2D eigenvalue weighted by Crippen LogP contribution is -2.30. The molecule has 0 unspecified atom stereocenters. The van der Waals surface area contributed by atoms with Gasteiger partial charge in [0.1, 0.15) is 0 Å². The Morgan fingerprint density at radius 1 is 0.868 bits per heavy atom. The van der Waals surface area contributed by atoms with Crippen molar-refractivity contribution in [3.05, 3.63) is 107 Å². The lowest BCUT2D eigenvalue weighted by Gasteiger charge is -2.24. The van der Waals surface area contributed by atoms with E-state index in [1.54, 1.807) is 0 Å². The summed E-state index contributed by atoms with van der Waals surface area (Å²) in [4.78, 5) is 4.63. The number of allylic oxidation sites excluding steroid dienone is 8. The molecular weight excluding hydrogens is 462 g/mol. The van der Waals surface area contributed by atoms with Crippen LogP contribution in [0.15, 0.2) is 95.8 Å². The molecule has 0 amide bonds. The Balaban J connectivity index is 1.43. The van der Waals surface area contributed by atoms with Crippen LogP contribution in [0, 0.1) is 0 Å². The Hall–Kier alpha value is -3.17. The lowest BCUT2D eigenvalue weighted by molar-refractivity contribution is -0.437. The molecule has 3 heteroatoms. The number of hydrogen-bond donors (Lipinski definition) is 0. The van der Waals surface area contributed by atoms with Crippen LogP contribution >= 0.6 is 0 Å². The summed E-state index contributed by atoms with van der Waals surface area (Å²) in [7, 11) is 6.51. The molecule has 3 nitrogen and oxygen atoms in total. The monoisotopic (exact) mass is 506 g/mol. The standard InChI is InChI=1S/C35H44N3/c1-34(2)28-15-8-10-17-30(28)37(7)32(34)21-19-26-13-12-14-27(25-26)20-22-33-35(3,4)29-16-9-11-18-31(29)38(33)24-23-36(5)6/h8-11,15-22,25H,12-14,23-24H2,1-7H3/q+1. The molecule has 2 aromatic rings. The zero-order valence-electron chi connectivity index (χ0n) is 24.4. The fraction of sp³-hybridized carbons (Fsp3) is 0.400. The molecule has 0 bridgehead atoms. The number of anilines is 1. The molecule has 0 saturated carbocycles. The molecule has 2 heterocycles. The summed E-state index contributed by atoms with van der Waals surface area (Å²) in [5, 5.41) is 0. The van der Waals surface area contributed by atoms with Crippen molar-refractivity contribution in [1.82, 2.24) is 4.90 Å². The number of fused-ring (bicyclic) bond motifs is 2. The van der Waals surface area contributed by atoms with Crippen molar-refractivity contribution in [3.63, 3.8) is 0 Å². The summed E-state index contributed by atoms with van der Waals surface area (Å²) in [5.74, 6) is 0. The summed E-state index contributed by atoms with van der Waals surface area (Å²) in [6.45, 7) is 11.4. The maximum Gasteiger partial charge on any atom is 0.209 e. The van der Waals surface area contributed by atoms with Gasteiger partial charge >= 0.3 is 0 Å². The molecule has 1 aliphatic carbocycles. The van der Waals surface area contributed by atoms with Crippen LogP contribution in [-0.4, -0.2) is 49.4 Å². The van der Waals surface area contributed by atoms with Crippen molar-refractivity contribution < 1.29 is 4.58 Å². The molecule has 0 spiro atoms. The predicted molar refractivity (Wildman–Crippen MR) is 163 cm³/mol. The first-order chi connectivity index (χ1) is 18.1. The summed E-state index contributed by atoms with van der Waals surface area (Å²) < 4.78 is 2.53. The van der Waals surface area contributed by atoms with E-state index >= 15 is 0 Å². The number of benzene rings is 2. The second-order valence-electron chi connectivity index (χ2n) is 12.4. The second kappa shape index (κ2) is 10.2. The Morgan fingerprint density at radius 2 is 1.58 bits per heavy atom. The van der Waals surface area contributed by atoms with Crippen LogP contribution in [0.4, 0.5) is 11.4 Å². The number of para-hydroxylation sites is 2. The van der Waals surface area contributed by atoms with E-state index in [2.05, 4.69) is 142 Å². The van der Waals surface area contributed by atoms with Gasteiger partial charge in [-0.15, -0.1) is 0 Å². The van der Waals surface area contributed by atoms with E-state index in [0.717, 1.165) is 25.9 Å². The predicted octanol–water partition coefficient (Wildman–Crippen LogP) is 7.53. The minimum atomic E-state index is -0.00857. The molecular formula is C35H44N3+. The van der Waals surface area contributed by atoms with E-state index in [1.165, 1.54) is 51.5 Å². The van der Waals surface area contributed by atoms with Crippen molar-refractivity contribution in [3.8, 4) is 0 Å². The highest BCUT2D eigenvalue weighted by Gasteiger charge is 2.44. The highest BCUT2D eigenvalue weighted by molar-refractivity contribution is 6.03. The van der Waals surface area contributed by atoms with Crippen LogP contribution in [0.2, 0.25) is 0 Å². The first kappa shape index (κ1) is 26.4. The zero-order chi connectivity index (χ0) is 27.1. The second-order valence-corrected chi connectivity index (χ2v) is 12.4. The zero-order valence-corrected chi connectivity index (χ0v) is 24.4. The van der Waals surface area contributed by atoms with Crippen LogP contribution in [0.25, 0.3) is 0 Å². The minimum absolute atomic E-state index is 0.00857. The molecule has 3 aliphatic rings. The van der Waals surface area contributed by atoms with Gasteiger partial charge in [-0.1, -0.05) is 68.5 Å². The van der Waals surface area contributed by atoms with Crippen LogP contribution in [-0.2, 0) is 10.8 Å². The maximum absolute atomic E-state index is 2.53. The Labute approximate surface area is 230 Å². The molecule has 5 rings (SSSR count). The van der Waals surface area contributed by atoms with Gasteiger partial charge in [0.2, 0.25) is 5.69 Å². The third-order valence-corrected chi connectivity index (χ3v) is 8.72. The van der Waals surface area contributed by atoms with Crippen LogP contribution < -0.4 is 4.90 Å². The molecule has 198 valence electrons. The van der Waals surface area contributed by atoms with Gasteiger partial charge in [-0.25, -0.2) is 0 Å². The van der Waals surface area contributed by atoms with Crippen molar-refractivity contribution in [2.75, 3.05) is 39.1 Å². The molecule has 0 aromatic heterocycles. The Bertz CT molecular complexity index is 1380. The minimum Gasteiger partial charge on any atom is -0.347 e. The average Bonchev–Trinajstić information content (AvgIpc) is 3.23. The van der Waals surface area contributed by atoms with E-state index < -0.39 is 0 Å². The molecule has 0 fully saturated rings. The average molecular weight is 507 g/mol. The van der Waals surface area contributed by atoms with Crippen molar-refractivity contribution >= 4 is 17.1 Å². The van der Waals surface area contributed by atoms with E-state index in [-0.39, 0.29) is 10.8 Å². The van der Waals surface area contributed by atoms with Gasteiger partial charge in [-0.05, 0) is 76.1 Å². The van der Waals surface area contributed by atoms with E-state index in [4.69, 9.17) is 0 Å². The van der Waals surface area contributed by atoms with Gasteiger partial charge in [0.15, 0.2) is 12.3 Å². The normalized spacial score (nSPS) is 22.1. The molecule has 0 atom stereocenters. The smallest absolute Gasteiger partial charge is 0.209 e. The number of rotatable bonds is 6. The van der Waals surface area contributed by atoms with Gasteiger partial charge < -0.3 is 9.80 Å². The van der Waals surface area contributed by atoms with Crippen molar-refractivity contribution in [2.45, 2.75) is 57.8 Å². The van der Waals surface area contributed by atoms with Crippen LogP contribution in [0.1, 0.15) is 58.1 Å². The van der Waals surface area contributed by atoms with Crippen LogP contribution in [0.5, 0.6) is 0 Å². The highest BCUT2D eigenvalue weighted by Crippen LogP contribution is 2.46. The first-order valence-corrected chi connectivity index (χ1v) is 14.1.